The monoisotopic (exact) mass is 364 g/mol. The number of aromatic amines is 1. The SMILES string of the molecule is COc1cc[nH]c1/C=C1\C(=O)Nc2cccc(C#CC(C)(O)CC(C)C)c21. The molecule has 0 radical (unpaired) electrons. The fourth-order valence-electron chi connectivity index (χ4n) is 3.34. The van der Waals surface area contributed by atoms with Gasteiger partial charge >= 0.3 is 0 Å². The second kappa shape index (κ2) is 7.34. The molecule has 2 heterocycles. The van der Waals surface area contributed by atoms with Crippen molar-refractivity contribution in [1.29, 1.82) is 0 Å². The third-order valence-electron chi connectivity index (χ3n) is 4.35. The van der Waals surface area contributed by atoms with Crippen LogP contribution in [0.15, 0.2) is 30.5 Å². The van der Waals surface area contributed by atoms with Crippen LogP contribution in [0.3, 0.4) is 0 Å². The lowest BCUT2D eigenvalue weighted by atomic mass is 9.93. The number of ether oxygens (including phenoxy) is 1. The van der Waals surface area contributed by atoms with Gasteiger partial charge in [0.25, 0.3) is 5.91 Å². The lowest BCUT2D eigenvalue weighted by Crippen LogP contribution is -2.23. The largest absolute Gasteiger partial charge is 0.495 e. The molecular formula is C22H24N2O3. The molecule has 1 aliphatic rings. The minimum absolute atomic E-state index is 0.190. The predicted molar refractivity (Wildman–Crippen MR) is 107 cm³/mol. The molecule has 1 aromatic heterocycles. The van der Waals surface area contributed by atoms with E-state index < -0.39 is 5.60 Å². The van der Waals surface area contributed by atoms with Crippen molar-refractivity contribution in [3.05, 3.63) is 47.3 Å². The number of benzene rings is 1. The number of carbonyl (C=O) groups is 1. The molecule has 1 unspecified atom stereocenters. The molecular weight excluding hydrogens is 340 g/mol. The minimum Gasteiger partial charge on any atom is -0.495 e. The molecule has 0 aliphatic carbocycles. The number of hydrogen-bond acceptors (Lipinski definition) is 3. The van der Waals surface area contributed by atoms with Crippen LogP contribution in [0.1, 0.15) is 44.0 Å². The second-order valence-electron chi connectivity index (χ2n) is 7.32. The molecule has 140 valence electrons. The van der Waals surface area contributed by atoms with Crippen molar-refractivity contribution >= 4 is 23.2 Å². The standard InChI is InChI=1S/C22H24N2O3/c1-14(2)13-22(3,26)10-8-15-6-5-7-17-20(15)16(21(25)24-17)12-18-19(27-4)9-11-23-18/h5-7,9,11-12,14,23,26H,13H2,1-4H3,(H,24,25)/b16-12-. The van der Waals surface area contributed by atoms with Gasteiger partial charge in [-0.05, 0) is 43.5 Å². The van der Waals surface area contributed by atoms with Gasteiger partial charge in [0.15, 0.2) is 0 Å². The van der Waals surface area contributed by atoms with Crippen molar-refractivity contribution in [1.82, 2.24) is 4.98 Å². The van der Waals surface area contributed by atoms with E-state index in [-0.39, 0.29) is 5.91 Å². The van der Waals surface area contributed by atoms with Gasteiger partial charge in [0, 0.05) is 17.3 Å². The summed E-state index contributed by atoms with van der Waals surface area (Å²) in [5.74, 6) is 6.83. The minimum atomic E-state index is -1.08. The van der Waals surface area contributed by atoms with Gasteiger partial charge in [-0.1, -0.05) is 31.8 Å². The van der Waals surface area contributed by atoms with Crippen LogP contribution >= 0.6 is 0 Å². The summed E-state index contributed by atoms with van der Waals surface area (Å²) in [6, 6.07) is 7.35. The summed E-state index contributed by atoms with van der Waals surface area (Å²) in [4.78, 5) is 15.6. The molecule has 1 aliphatic heterocycles. The Labute approximate surface area is 159 Å². The molecule has 0 bridgehead atoms. The Hall–Kier alpha value is -2.97. The van der Waals surface area contributed by atoms with Crippen LogP contribution in [-0.2, 0) is 4.79 Å². The predicted octanol–water partition coefficient (Wildman–Crippen LogP) is 3.66. The van der Waals surface area contributed by atoms with Gasteiger partial charge < -0.3 is 20.1 Å². The van der Waals surface area contributed by atoms with E-state index in [1.165, 1.54) is 0 Å². The van der Waals surface area contributed by atoms with Crippen LogP contribution < -0.4 is 10.1 Å². The number of carbonyl (C=O) groups excluding carboxylic acids is 1. The number of nitrogens with one attached hydrogen (secondary N) is 2. The Morgan fingerprint density at radius 3 is 2.81 bits per heavy atom. The molecule has 5 heteroatoms. The summed E-state index contributed by atoms with van der Waals surface area (Å²) in [6.07, 6.45) is 4.10. The molecule has 3 rings (SSSR count). The first-order valence-corrected chi connectivity index (χ1v) is 8.94. The summed E-state index contributed by atoms with van der Waals surface area (Å²) in [6.45, 7) is 5.81. The van der Waals surface area contributed by atoms with Gasteiger partial charge in [-0.3, -0.25) is 4.79 Å². The highest BCUT2D eigenvalue weighted by Crippen LogP contribution is 2.36. The summed E-state index contributed by atoms with van der Waals surface area (Å²) >= 11 is 0. The van der Waals surface area contributed by atoms with Gasteiger partial charge in [0.2, 0.25) is 0 Å². The van der Waals surface area contributed by atoms with Crippen LogP contribution in [0, 0.1) is 17.8 Å². The average molecular weight is 364 g/mol. The number of rotatable bonds is 4. The summed E-state index contributed by atoms with van der Waals surface area (Å²) in [7, 11) is 1.58. The molecule has 1 amide bonds. The molecule has 0 saturated carbocycles. The van der Waals surface area contributed by atoms with Crippen molar-refractivity contribution < 1.29 is 14.6 Å². The zero-order chi connectivity index (χ0) is 19.6. The fraction of sp³-hybridized carbons (Fsp3) is 0.318. The molecule has 0 saturated heterocycles. The number of anilines is 1. The van der Waals surface area contributed by atoms with Crippen molar-refractivity contribution in [2.24, 2.45) is 5.92 Å². The molecule has 1 atom stereocenters. The maximum Gasteiger partial charge on any atom is 0.256 e. The summed E-state index contributed by atoms with van der Waals surface area (Å²) in [5.41, 5.74) is 2.30. The van der Waals surface area contributed by atoms with Crippen molar-refractivity contribution in [2.75, 3.05) is 12.4 Å². The van der Waals surface area contributed by atoms with Crippen molar-refractivity contribution in [3.63, 3.8) is 0 Å². The highest BCUT2D eigenvalue weighted by molar-refractivity contribution is 6.35. The van der Waals surface area contributed by atoms with Gasteiger partial charge in [-0.15, -0.1) is 0 Å². The summed E-state index contributed by atoms with van der Waals surface area (Å²) < 4.78 is 5.31. The van der Waals surface area contributed by atoms with Crippen LogP contribution in [0.2, 0.25) is 0 Å². The molecule has 1 aromatic carbocycles. The number of aromatic nitrogens is 1. The van der Waals surface area contributed by atoms with E-state index in [2.05, 4.69) is 22.1 Å². The first-order chi connectivity index (χ1) is 12.8. The lowest BCUT2D eigenvalue weighted by Gasteiger charge is -2.18. The van der Waals surface area contributed by atoms with E-state index >= 15 is 0 Å². The Kier molecular flexibility index (Phi) is 5.11. The van der Waals surface area contributed by atoms with E-state index in [4.69, 9.17) is 4.74 Å². The number of amides is 1. The number of hydrogen-bond donors (Lipinski definition) is 3. The van der Waals surface area contributed by atoms with E-state index in [9.17, 15) is 9.90 Å². The first kappa shape index (κ1) is 18.8. The number of H-pyrrole nitrogens is 1. The molecule has 2 aromatic rings. The highest BCUT2D eigenvalue weighted by atomic mass is 16.5. The molecule has 0 fully saturated rings. The average Bonchev–Trinajstić information content (AvgIpc) is 3.16. The Balaban J connectivity index is 2.05. The van der Waals surface area contributed by atoms with Crippen LogP contribution in [0.4, 0.5) is 5.69 Å². The molecule has 5 nitrogen and oxygen atoms in total. The normalized spacial score (nSPS) is 16.5. The third-order valence-corrected chi connectivity index (χ3v) is 4.35. The van der Waals surface area contributed by atoms with E-state index in [0.29, 0.717) is 40.6 Å². The smallest absolute Gasteiger partial charge is 0.256 e. The topological polar surface area (TPSA) is 74.4 Å². The quantitative estimate of drug-likeness (QED) is 0.572. The Morgan fingerprint density at radius 1 is 1.33 bits per heavy atom. The van der Waals surface area contributed by atoms with Gasteiger partial charge in [-0.25, -0.2) is 0 Å². The zero-order valence-corrected chi connectivity index (χ0v) is 16.0. The highest BCUT2D eigenvalue weighted by Gasteiger charge is 2.27. The third kappa shape index (κ3) is 4.07. The van der Waals surface area contributed by atoms with E-state index in [0.717, 1.165) is 5.56 Å². The fourth-order valence-corrected chi connectivity index (χ4v) is 3.34. The molecule has 27 heavy (non-hydrogen) atoms. The Bertz CT molecular complexity index is 955. The van der Waals surface area contributed by atoms with E-state index in [1.54, 1.807) is 32.4 Å². The van der Waals surface area contributed by atoms with Gasteiger partial charge in [0.1, 0.15) is 11.4 Å². The maximum absolute atomic E-state index is 12.5. The maximum atomic E-state index is 12.5. The van der Waals surface area contributed by atoms with Crippen LogP contribution in [-0.4, -0.2) is 28.7 Å². The number of methoxy groups -OCH3 is 1. The van der Waals surface area contributed by atoms with Gasteiger partial charge in [0.05, 0.1) is 24.1 Å². The number of fused-ring (bicyclic) bond motifs is 1. The van der Waals surface area contributed by atoms with Crippen molar-refractivity contribution in [2.45, 2.75) is 32.8 Å². The zero-order valence-electron chi connectivity index (χ0n) is 16.0. The first-order valence-electron chi connectivity index (χ1n) is 8.94. The lowest BCUT2D eigenvalue weighted by molar-refractivity contribution is -0.110. The molecule has 0 spiro atoms. The molecule has 3 N–H and O–H groups in total. The Morgan fingerprint density at radius 2 is 2.11 bits per heavy atom. The second-order valence-corrected chi connectivity index (χ2v) is 7.32. The van der Waals surface area contributed by atoms with Crippen LogP contribution in [0.25, 0.3) is 11.6 Å². The van der Waals surface area contributed by atoms with Crippen molar-refractivity contribution in [3.8, 4) is 17.6 Å². The van der Waals surface area contributed by atoms with Crippen LogP contribution in [0.5, 0.6) is 5.75 Å². The number of aliphatic hydroxyl groups is 1. The summed E-state index contributed by atoms with van der Waals surface area (Å²) in [5, 5.41) is 13.4. The van der Waals surface area contributed by atoms with Gasteiger partial charge in [-0.2, -0.15) is 0 Å². The van der Waals surface area contributed by atoms with E-state index in [1.807, 2.05) is 32.0 Å².